The Bertz CT molecular complexity index is 967. The van der Waals surface area contributed by atoms with Gasteiger partial charge in [0.1, 0.15) is 0 Å². The number of nitrogens with zero attached hydrogens (tertiary/aromatic N) is 4. The van der Waals surface area contributed by atoms with Crippen molar-refractivity contribution < 1.29 is 27.3 Å². The molecule has 2 aromatic rings. The van der Waals surface area contributed by atoms with Crippen LogP contribution in [0, 0.1) is 12.8 Å². The van der Waals surface area contributed by atoms with Crippen molar-refractivity contribution in [2.45, 2.75) is 44.8 Å². The second kappa shape index (κ2) is 8.32. The SMILES string of the molecule is Cc1noc(C2CCN(C(=O)C3CC(=O)N(Cc4cccc(C(F)(F)F)c4)C3)CC2)n1. The van der Waals surface area contributed by atoms with Crippen molar-refractivity contribution >= 4 is 11.8 Å². The number of carbonyl (C=O) groups excluding carboxylic acids is 2. The van der Waals surface area contributed by atoms with Crippen LogP contribution >= 0.6 is 0 Å². The van der Waals surface area contributed by atoms with Crippen LogP contribution in [-0.2, 0) is 22.3 Å². The van der Waals surface area contributed by atoms with Crippen molar-refractivity contribution in [2.24, 2.45) is 5.92 Å². The third-order valence-corrected chi connectivity index (χ3v) is 5.89. The zero-order chi connectivity index (χ0) is 22.2. The minimum Gasteiger partial charge on any atom is -0.342 e. The number of aryl methyl sites for hydroxylation is 1. The van der Waals surface area contributed by atoms with E-state index in [1.165, 1.54) is 11.0 Å². The van der Waals surface area contributed by atoms with Gasteiger partial charge in [-0.15, -0.1) is 0 Å². The normalized spacial score (nSPS) is 20.5. The highest BCUT2D eigenvalue weighted by Gasteiger charge is 2.38. The number of hydrogen-bond donors (Lipinski definition) is 0. The lowest BCUT2D eigenvalue weighted by Crippen LogP contribution is -2.42. The number of rotatable bonds is 4. The highest BCUT2D eigenvalue weighted by Crippen LogP contribution is 2.31. The molecule has 166 valence electrons. The van der Waals surface area contributed by atoms with E-state index in [0.29, 0.717) is 43.2 Å². The highest BCUT2D eigenvalue weighted by molar-refractivity contribution is 5.89. The number of benzene rings is 1. The zero-order valence-corrected chi connectivity index (χ0v) is 17.1. The Morgan fingerprint density at radius 1 is 1.26 bits per heavy atom. The van der Waals surface area contributed by atoms with Gasteiger partial charge in [-0.05, 0) is 37.5 Å². The minimum absolute atomic E-state index is 0.0606. The summed E-state index contributed by atoms with van der Waals surface area (Å²) in [6.07, 6.45) is -2.93. The smallest absolute Gasteiger partial charge is 0.342 e. The standard InChI is InChI=1S/C21H23F3N4O3/c1-13-25-19(31-26-13)15-5-7-27(8-6-15)20(30)16-10-18(29)28(12-16)11-14-3-2-4-17(9-14)21(22,23)24/h2-4,9,15-16H,5-8,10-12H2,1H3. The molecular formula is C21H23F3N4O3. The van der Waals surface area contributed by atoms with Gasteiger partial charge in [0.05, 0.1) is 11.5 Å². The first-order chi connectivity index (χ1) is 14.7. The average Bonchev–Trinajstić information content (AvgIpc) is 3.33. The topological polar surface area (TPSA) is 79.5 Å². The number of likely N-dealkylation sites (tertiary alicyclic amines) is 2. The summed E-state index contributed by atoms with van der Waals surface area (Å²) in [5.74, 6) is 0.521. The highest BCUT2D eigenvalue weighted by atomic mass is 19.4. The molecule has 2 fully saturated rings. The molecule has 10 heteroatoms. The molecule has 0 saturated carbocycles. The Kier molecular flexibility index (Phi) is 5.72. The molecule has 2 aliphatic heterocycles. The summed E-state index contributed by atoms with van der Waals surface area (Å²) in [7, 11) is 0. The number of piperidine rings is 1. The molecule has 0 radical (unpaired) electrons. The van der Waals surface area contributed by atoms with Crippen LogP contribution in [0.3, 0.4) is 0 Å². The van der Waals surface area contributed by atoms with E-state index < -0.39 is 17.7 Å². The number of halogens is 3. The maximum Gasteiger partial charge on any atom is 0.416 e. The molecule has 7 nitrogen and oxygen atoms in total. The lowest BCUT2D eigenvalue weighted by molar-refractivity contribution is -0.138. The molecule has 0 N–H and O–H groups in total. The second-order valence-corrected chi connectivity index (χ2v) is 8.15. The van der Waals surface area contributed by atoms with Crippen molar-refractivity contribution in [2.75, 3.05) is 19.6 Å². The Hall–Kier alpha value is -2.91. The first-order valence-electron chi connectivity index (χ1n) is 10.2. The van der Waals surface area contributed by atoms with Gasteiger partial charge in [-0.25, -0.2) is 0 Å². The summed E-state index contributed by atoms with van der Waals surface area (Å²) < 4.78 is 44.0. The molecular weight excluding hydrogens is 413 g/mol. The van der Waals surface area contributed by atoms with Crippen LogP contribution in [0.5, 0.6) is 0 Å². The molecule has 1 unspecified atom stereocenters. The fourth-order valence-corrected chi connectivity index (χ4v) is 4.24. The van der Waals surface area contributed by atoms with Crippen molar-refractivity contribution in [1.29, 1.82) is 0 Å². The Balaban J connectivity index is 1.33. The molecule has 1 aromatic heterocycles. The largest absolute Gasteiger partial charge is 0.416 e. The quantitative estimate of drug-likeness (QED) is 0.736. The molecule has 0 bridgehead atoms. The zero-order valence-electron chi connectivity index (χ0n) is 17.1. The summed E-state index contributed by atoms with van der Waals surface area (Å²) in [6, 6.07) is 4.94. The molecule has 2 saturated heterocycles. The van der Waals surface area contributed by atoms with Crippen LogP contribution in [0.2, 0.25) is 0 Å². The van der Waals surface area contributed by atoms with Crippen LogP contribution in [0.25, 0.3) is 0 Å². The van der Waals surface area contributed by atoms with Gasteiger partial charge >= 0.3 is 6.18 Å². The monoisotopic (exact) mass is 436 g/mol. The predicted molar refractivity (Wildman–Crippen MR) is 103 cm³/mol. The molecule has 0 aliphatic carbocycles. The first kappa shape index (κ1) is 21.3. The summed E-state index contributed by atoms with van der Waals surface area (Å²) >= 11 is 0. The van der Waals surface area contributed by atoms with Crippen molar-refractivity contribution in [3.63, 3.8) is 0 Å². The van der Waals surface area contributed by atoms with Gasteiger partial charge < -0.3 is 14.3 Å². The minimum atomic E-state index is -4.43. The van der Waals surface area contributed by atoms with Gasteiger partial charge in [0.15, 0.2) is 5.82 Å². The number of hydrogen-bond acceptors (Lipinski definition) is 5. The lowest BCUT2D eigenvalue weighted by atomic mass is 9.95. The molecule has 1 aromatic carbocycles. The molecule has 2 aliphatic rings. The number of carbonyl (C=O) groups is 2. The molecule has 3 heterocycles. The van der Waals surface area contributed by atoms with Crippen LogP contribution < -0.4 is 0 Å². The summed E-state index contributed by atoms with van der Waals surface area (Å²) in [6.45, 7) is 3.13. The van der Waals surface area contributed by atoms with Gasteiger partial charge in [-0.1, -0.05) is 17.3 Å². The van der Waals surface area contributed by atoms with E-state index in [-0.39, 0.29) is 37.2 Å². The Morgan fingerprint density at radius 2 is 2.00 bits per heavy atom. The van der Waals surface area contributed by atoms with Crippen LogP contribution in [0.4, 0.5) is 13.2 Å². The molecule has 1 atom stereocenters. The van der Waals surface area contributed by atoms with E-state index >= 15 is 0 Å². The molecule has 31 heavy (non-hydrogen) atoms. The fourth-order valence-electron chi connectivity index (χ4n) is 4.24. The fraction of sp³-hybridized carbons (Fsp3) is 0.524. The van der Waals surface area contributed by atoms with Gasteiger partial charge in [0, 0.05) is 38.5 Å². The molecule has 2 amide bonds. The Morgan fingerprint density at radius 3 is 2.65 bits per heavy atom. The van der Waals surface area contributed by atoms with E-state index in [1.54, 1.807) is 17.9 Å². The van der Waals surface area contributed by atoms with Crippen molar-refractivity contribution in [1.82, 2.24) is 19.9 Å². The molecule has 0 spiro atoms. The van der Waals surface area contributed by atoms with E-state index in [4.69, 9.17) is 4.52 Å². The second-order valence-electron chi connectivity index (χ2n) is 8.15. The lowest BCUT2D eigenvalue weighted by Gasteiger charge is -2.32. The van der Waals surface area contributed by atoms with Gasteiger partial charge in [0.2, 0.25) is 17.7 Å². The van der Waals surface area contributed by atoms with Crippen LogP contribution in [-0.4, -0.2) is 51.4 Å². The Labute approximate surface area is 177 Å². The number of aromatic nitrogens is 2. The van der Waals surface area contributed by atoms with Gasteiger partial charge in [0.25, 0.3) is 0 Å². The average molecular weight is 436 g/mol. The van der Waals surface area contributed by atoms with Crippen LogP contribution in [0.15, 0.2) is 28.8 Å². The summed E-state index contributed by atoms with van der Waals surface area (Å²) in [5, 5.41) is 3.81. The molecule has 4 rings (SSSR count). The van der Waals surface area contributed by atoms with E-state index in [2.05, 4.69) is 10.1 Å². The summed E-state index contributed by atoms with van der Waals surface area (Å²) in [4.78, 5) is 32.8. The van der Waals surface area contributed by atoms with Crippen molar-refractivity contribution in [3.8, 4) is 0 Å². The van der Waals surface area contributed by atoms with Crippen LogP contribution in [0.1, 0.15) is 48.0 Å². The van der Waals surface area contributed by atoms with E-state index in [0.717, 1.165) is 12.1 Å². The van der Waals surface area contributed by atoms with E-state index in [1.807, 2.05) is 0 Å². The van der Waals surface area contributed by atoms with Crippen molar-refractivity contribution in [3.05, 3.63) is 47.1 Å². The third-order valence-electron chi connectivity index (χ3n) is 5.89. The number of amides is 2. The number of alkyl halides is 3. The van der Waals surface area contributed by atoms with E-state index in [9.17, 15) is 22.8 Å². The maximum atomic E-state index is 12.9. The first-order valence-corrected chi connectivity index (χ1v) is 10.2. The third kappa shape index (κ3) is 4.72. The predicted octanol–water partition coefficient (Wildman–Crippen LogP) is 3.15. The van der Waals surface area contributed by atoms with Gasteiger partial charge in [-0.2, -0.15) is 18.2 Å². The van der Waals surface area contributed by atoms with Gasteiger partial charge in [-0.3, -0.25) is 9.59 Å². The summed E-state index contributed by atoms with van der Waals surface area (Å²) in [5.41, 5.74) is -0.351. The maximum absolute atomic E-state index is 12.9.